The minimum absolute atomic E-state index is 0.216. The molecule has 6 heteroatoms. The lowest BCUT2D eigenvalue weighted by Crippen LogP contribution is -2.26. The summed E-state index contributed by atoms with van der Waals surface area (Å²) in [4.78, 5) is 0.216. The van der Waals surface area contributed by atoms with Crippen LogP contribution in [0.2, 0.25) is 0 Å². The summed E-state index contributed by atoms with van der Waals surface area (Å²) in [5.74, 6) is 2.01. The first kappa shape index (κ1) is 18.8. The lowest BCUT2D eigenvalue weighted by molar-refractivity contribution is 0.411. The molecule has 0 aliphatic rings. The van der Waals surface area contributed by atoms with Crippen molar-refractivity contribution in [2.24, 2.45) is 0 Å². The largest absolute Gasteiger partial charge is 0.496 e. The molecule has 0 saturated carbocycles. The molecule has 0 saturated heterocycles. The molecular weight excluding hydrogens is 362 g/mol. The van der Waals surface area contributed by atoms with Gasteiger partial charge in [-0.25, -0.2) is 8.42 Å². The molecule has 3 aromatic rings. The Labute approximate surface area is 159 Å². The number of methoxy groups -OCH3 is 1. The summed E-state index contributed by atoms with van der Waals surface area (Å²) in [6.45, 7) is 1.81. The maximum absolute atomic E-state index is 12.9. The average molecular weight is 383 g/mol. The van der Waals surface area contributed by atoms with Gasteiger partial charge in [-0.2, -0.15) is 0 Å². The van der Waals surface area contributed by atoms with Crippen molar-refractivity contribution in [3.05, 3.63) is 78.4 Å². The van der Waals surface area contributed by atoms with E-state index in [1.165, 1.54) is 11.4 Å². The maximum atomic E-state index is 12.9. The minimum atomic E-state index is -3.67. The molecule has 5 nitrogen and oxygen atoms in total. The third-order valence-corrected chi connectivity index (χ3v) is 5.99. The van der Waals surface area contributed by atoms with Crippen LogP contribution in [0.4, 0.5) is 5.69 Å². The van der Waals surface area contributed by atoms with Gasteiger partial charge in [0.25, 0.3) is 10.0 Å². The number of anilines is 1. The van der Waals surface area contributed by atoms with Gasteiger partial charge in [0.1, 0.15) is 17.2 Å². The highest BCUT2D eigenvalue weighted by Crippen LogP contribution is 2.28. The van der Waals surface area contributed by atoms with Crippen LogP contribution in [-0.2, 0) is 10.0 Å². The summed E-state index contributed by atoms with van der Waals surface area (Å²) < 4.78 is 38.0. The second-order valence-electron chi connectivity index (χ2n) is 6.01. The number of para-hydroxylation sites is 1. The second kappa shape index (κ2) is 7.72. The standard InChI is InChI=1S/C21H21NO4S/c1-16-15-20(13-14-21(16)25-3)27(23,24)22(2)17-9-11-19(12-10-17)26-18-7-5-4-6-8-18/h4-15H,1-3H3. The molecule has 0 aliphatic heterocycles. The molecule has 0 atom stereocenters. The third kappa shape index (κ3) is 4.06. The van der Waals surface area contributed by atoms with E-state index in [1.807, 2.05) is 37.3 Å². The van der Waals surface area contributed by atoms with E-state index in [0.717, 1.165) is 11.3 Å². The smallest absolute Gasteiger partial charge is 0.264 e. The van der Waals surface area contributed by atoms with Crippen molar-refractivity contribution in [3.63, 3.8) is 0 Å². The van der Waals surface area contributed by atoms with Crippen LogP contribution >= 0.6 is 0 Å². The average Bonchev–Trinajstić information content (AvgIpc) is 2.68. The number of hydrogen-bond donors (Lipinski definition) is 0. The summed E-state index contributed by atoms with van der Waals surface area (Å²) in [6, 6.07) is 21.1. The lowest BCUT2D eigenvalue weighted by Gasteiger charge is -2.20. The Morgan fingerprint density at radius 2 is 1.48 bits per heavy atom. The van der Waals surface area contributed by atoms with Gasteiger partial charge in [-0.05, 0) is 67.1 Å². The molecule has 0 fully saturated rings. The van der Waals surface area contributed by atoms with Crippen LogP contribution in [0.3, 0.4) is 0 Å². The molecule has 0 radical (unpaired) electrons. The van der Waals surface area contributed by atoms with Crippen molar-refractivity contribution < 1.29 is 17.9 Å². The number of rotatable bonds is 6. The van der Waals surface area contributed by atoms with Gasteiger partial charge in [0, 0.05) is 7.05 Å². The van der Waals surface area contributed by atoms with Crippen LogP contribution < -0.4 is 13.8 Å². The number of hydrogen-bond acceptors (Lipinski definition) is 4. The van der Waals surface area contributed by atoms with Crippen molar-refractivity contribution in [2.45, 2.75) is 11.8 Å². The van der Waals surface area contributed by atoms with Gasteiger partial charge in [0.15, 0.2) is 0 Å². The zero-order chi connectivity index (χ0) is 19.4. The van der Waals surface area contributed by atoms with Crippen LogP contribution in [0.15, 0.2) is 77.7 Å². The molecule has 0 aliphatic carbocycles. The Bertz CT molecular complexity index is 1020. The molecule has 140 valence electrons. The first-order valence-corrected chi connectivity index (χ1v) is 9.82. The van der Waals surface area contributed by atoms with Crippen LogP contribution in [0.1, 0.15) is 5.56 Å². The van der Waals surface area contributed by atoms with Gasteiger partial charge in [-0.1, -0.05) is 18.2 Å². The van der Waals surface area contributed by atoms with E-state index in [9.17, 15) is 8.42 Å². The van der Waals surface area contributed by atoms with E-state index >= 15 is 0 Å². The fourth-order valence-corrected chi connectivity index (χ4v) is 3.94. The SMILES string of the molecule is COc1ccc(S(=O)(=O)N(C)c2ccc(Oc3ccccc3)cc2)cc1C. The first-order valence-electron chi connectivity index (χ1n) is 8.38. The normalized spacial score (nSPS) is 11.1. The number of ether oxygens (including phenoxy) is 2. The number of aryl methyl sites for hydroxylation is 1. The van der Waals surface area contributed by atoms with E-state index in [0.29, 0.717) is 17.2 Å². The lowest BCUT2D eigenvalue weighted by atomic mass is 10.2. The van der Waals surface area contributed by atoms with Gasteiger partial charge < -0.3 is 9.47 Å². The predicted octanol–water partition coefficient (Wildman–Crippen LogP) is 4.62. The summed E-state index contributed by atoms with van der Waals surface area (Å²) in [5.41, 5.74) is 1.31. The minimum Gasteiger partial charge on any atom is -0.496 e. The summed E-state index contributed by atoms with van der Waals surface area (Å²) in [7, 11) is -0.587. The van der Waals surface area contributed by atoms with E-state index in [4.69, 9.17) is 9.47 Å². The Balaban J connectivity index is 1.82. The molecule has 3 rings (SSSR count). The molecule has 0 spiro atoms. The monoisotopic (exact) mass is 383 g/mol. The Morgan fingerprint density at radius 1 is 0.852 bits per heavy atom. The van der Waals surface area contributed by atoms with Gasteiger partial charge in [0.05, 0.1) is 17.7 Å². The first-order chi connectivity index (χ1) is 12.9. The Morgan fingerprint density at radius 3 is 2.07 bits per heavy atom. The van der Waals surface area contributed by atoms with Gasteiger partial charge in [0.2, 0.25) is 0 Å². The molecular formula is C21H21NO4S. The zero-order valence-electron chi connectivity index (χ0n) is 15.4. The molecule has 0 unspecified atom stereocenters. The summed E-state index contributed by atoms with van der Waals surface area (Å²) >= 11 is 0. The zero-order valence-corrected chi connectivity index (χ0v) is 16.2. The molecule has 27 heavy (non-hydrogen) atoms. The van der Waals surface area contributed by atoms with Crippen molar-refractivity contribution in [1.29, 1.82) is 0 Å². The quantitative estimate of drug-likeness (QED) is 0.623. The molecule has 0 aromatic heterocycles. The van der Waals surface area contributed by atoms with Gasteiger partial charge >= 0.3 is 0 Å². The molecule has 3 aromatic carbocycles. The Kier molecular flexibility index (Phi) is 5.37. The van der Waals surface area contributed by atoms with Crippen molar-refractivity contribution in [2.75, 3.05) is 18.5 Å². The highest BCUT2D eigenvalue weighted by atomic mass is 32.2. The van der Waals surface area contributed by atoms with E-state index in [1.54, 1.807) is 49.6 Å². The van der Waals surface area contributed by atoms with Crippen LogP contribution in [-0.4, -0.2) is 22.6 Å². The topological polar surface area (TPSA) is 55.8 Å². The van der Waals surface area contributed by atoms with E-state index < -0.39 is 10.0 Å². The van der Waals surface area contributed by atoms with Crippen molar-refractivity contribution >= 4 is 15.7 Å². The molecule has 0 amide bonds. The van der Waals surface area contributed by atoms with Crippen LogP contribution in [0.5, 0.6) is 17.2 Å². The van der Waals surface area contributed by atoms with Crippen LogP contribution in [0, 0.1) is 6.92 Å². The summed E-state index contributed by atoms with van der Waals surface area (Å²) in [6.07, 6.45) is 0. The number of nitrogens with zero attached hydrogens (tertiary/aromatic N) is 1. The highest BCUT2D eigenvalue weighted by Gasteiger charge is 2.22. The van der Waals surface area contributed by atoms with Crippen molar-refractivity contribution in [3.8, 4) is 17.2 Å². The van der Waals surface area contributed by atoms with Gasteiger partial charge in [-0.3, -0.25) is 4.31 Å². The van der Waals surface area contributed by atoms with Crippen LogP contribution in [0.25, 0.3) is 0 Å². The highest BCUT2D eigenvalue weighted by molar-refractivity contribution is 7.92. The molecule has 0 N–H and O–H groups in total. The second-order valence-corrected chi connectivity index (χ2v) is 7.98. The number of sulfonamides is 1. The summed E-state index contributed by atoms with van der Waals surface area (Å²) in [5, 5.41) is 0. The molecule has 0 bridgehead atoms. The molecule has 0 heterocycles. The number of benzene rings is 3. The maximum Gasteiger partial charge on any atom is 0.264 e. The fourth-order valence-electron chi connectivity index (χ4n) is 2.66. The van der Waals surface area contributed by atoms with E-state index in [-0.39, 0.29) is 4.90 Å². The fraction of sp³-hybridized carbons (Fsp3) is 0.143. The van der Waals surface area contributed by atoms with Gasteiger partial charge in [-0.15, -0.1) is 0 Å². The predicted molar refractivity (Wildman–Crippen MR) is 106 cm³/mol. The Hall–Kier alpha value is -2.99. The third-order valence-electron chi connectivity index (χ3n) is 4.20. The van der Waals surface area contributed by atoms with Crippen molar-refractivity contribution in [1.82, 2.24) is 0 Å². The van der Waals surface area contributed by atoms with E-state index in [2.05, 4.69) is 0 Å².